The third-order valence-corrected chi connectivity index (χ3v) is 8.69. The quantitative estimate of drug-likeness (QED) is 0.309. The summed E-state index contributed by atoms with van der Waals surface area (Å²) in [6.07, 6.45) is 3.45. The molecule has 0 amide bonds. The summed E-state index contributed by atoms with van der Waals surface area (Å²) < 4.78 is 49.4. The van der Waals surface area contributed by atoms with Crippen molar-refractivity contribution in [2.75, 3.05) is 6.61 Å². The number of aryl methyl sites for hydroxylation is 2. The van der Waals surface area contributed by atoms with Crippen LogP contribution in [0.2, 0.25) is 0 Å². The lowest BCUT2D eigenvalue weighted by Crippen LogP contribution is -2.38. The van der Waals surface area contributed by atoms with Gasteiger partial charge in [-0.2, -0.15) is 0 Å². The molecule has 4 aliphatic heterocycles. The van der Waals surface area contributed by atoms with Crippen LogP contribution in [0.4, 0.5) is 0 Å². The molecule has 4 fully saturated rings. The Labute approximate surface area is 256 Å². The van der Waals surface area contributed by atoms with E-state index in [0.717, 1.165) is 37.7 Å². The van der Waals surface area contributed by atoms with E-state index in [1.165, 1.54) is 11.1 Å². The maximum Gasteiger partial charge on any atom is 0.190 e. The summed E-state index contributed by atoms with van der Waals surface area (Å²) in [4.78, 5) is 0. The van der Waals surface area contributed by atoms with Gasteiger partial charge in [0.2, 0.25) is 0 Å². The van der Waals surface area contributed by atoms with E-state index in [-0.39, 0.29) is 36.6 Å². The molecule has 0 radical (unpaired) electrons. The molecule has 0 aliphatic carbocycles. The van der Waals surface area contributed by atoms with Gasteiger partial charge in [0.1, 0.15) is 24.4 Å². The topological polar surface area (TPSA) is 73.8 Å². The van der Waals surface area contributed by atoms with Crippen LogP contribution in [0.3, 0.4) is 0 Å². The van der Waals surface area contributed by atoms with Crippen molar-refractivity contribution in [2.45, 2.75) is 141 Å². The number of benzene rings is 2. The minimum Gasteiger partial charge on any atom is -0.368 e. The van der Waals surface area contributed by atoms with Crippen molar-refractivity contribution in [2.24, 2.45) is 0 Å². The minimum absolute atomic E-state index is 0.0429. The molecule has 0 spiro atoms. The maximum absolute atomic E-state index is 6.40. The van der Waals surface area contributed by atoms with E-state index in [4.69, 9.17) is 37.9 Å². The second-order valence-corrected chi connectivity index (χ2v) is 13.7. The van der Waals surface area contributed by atoms with E-state index >= 15 is 0 Å². The SMILES string of the molecule is CC1(C)O[C@H]2O[C@H](CCCc3ccc(CC[C@H]4OC(C)(C)O[C@@H]4[C@H]4COC(C)(C)O4)cc3)[C@H](OCc3ccccc3)[C@H]2O1. The van der Waals surface area contributed by atoms with Crippen molar-refractivity contribution in [1.82, 2.24) is 0 Å². The summed E-state index contributed by atoms with van der Waals surface area (Å²) in [6, 6.07) is 19.2. The number of ether oxygens (including phenoxy) is 8. The van der Waals surface area contributed by atoms with Crippen molar-refractivity contribution in [3.05, 3.63) is 71.3 Å². The fourth-order valence-electron chi connectivity index (χ4n) is 6.72. The predicted octanol–water partition coefficient (Wildman–Crippen LogP) is 6.08. The van der Waals surface area contributed by atoms with Crippen LogP contribution in [0.15, 0.2) is 54.6 Å². The molecular formula is C35H48O8. The average molecular weight is 597 g/mol. The normalized spacial score (nSPS) is 34.0. The monoisotopic (exact) mass is 596 g/mol. The Morgan fingerprint density at radius 2 is 1.33 bits per heavy atom. The fourth-order valence-corrected chi connectivity index (χ4v) is 6.72. The van der Waals surface area contributed by atoms with Gasteiger partial charge < -0.3 is 37.9 Å². The van der Waals surface area contributed by atoms with Crippen molar-refractivity contribution < 1.29 is 37.9 Å². The zero-order valence-corrected chi connectivity index (χ0v) is 26.5. The molecule has 8 nitrogen and oxygen atoms in total. The predicted molar refractivity (Wildman–Crippen MR) is 160 cm³/mol. The van der Waals surface area contributed by atoms with Crippen molar-refractivity contribution in [1.29, 1.82) is 0 Å². The summed E-state index contributed by atoms with van der Waals surface area (Å²) in [5, 5.41) is 0. The van der Waals surface area contributed by atoms with Gasteiger partial charge >= 0.3 is 0 Å². The summed E-state index contributed by atoms with van der Waals surface area (Å²) in [5.41, 5.74) is 3.74. The molecule has 0 aromatic heterocycles. The number of hydrogen-bond donors (Lipinski definition) is 0. The van der Waals surface area contributed by atoms with Gasteiger partial charge in [-0.3, -0.25) is 0 Å². The van der Waals surface area contributed by atoms with Crippen LogP contribution < -0.4 is 0 Å². The first-order valence-corrected chi connectivity index (χ1v) is 15.9. The van der Waals surface area contributed by atoms with Gasteiger partial charge in [-0.05, 0) is 90.3 Å². The van der Waals surface area contributed by atoms with Gasteiger partial charge in [0, 0.05) is 0 Å². The smallest absolute Gasteiger partial charge is 0.190 e. The highest BCUT2D eigenvalue weighted by atomic mass is 16.8. The van der Waals surface area contributed by atoms with E-state index in [2.05, 4.69) is 36.4 Å². The molecule has 8 heteroatoms. The van der Waals surface area contributed by atoms with Crippen LogP contribution in [0, 0.1) is 0 Å². The standard InChI is InChI=1S/C35H48O8/c1-33(2)37-22-28(40-33)29-27(39-34(3,4)41-29)20-19-24-17-15-23(16-18-24)13-10-14-26-30(36-21-25-11-8-7-9-12-25)31-32(38-26)43-35(5,6)42-31/h7-9,11-12,15-18,26-32H,10,13-14,19-22H2,1-6H3/t26-,27-,28-,29+,30+,31-,32-/m1/s1. The zero-order chi connectivity index (χ0) is 30.2. The van der Waals surface area contributed by atoms with Crippen molar-refractivity contribution in [3.63, 3.8) is 0 Å². The second-order valence-electron chi connectivity index (χ2n) is 13.7. The first-order chi connectivity index (χ1) is 20.5. The third kappa shape index (κ3) is 7.68. The average Bonchev–Trinajstić information content (AvgIpc) is 3.66. The zero-order valence-electron chi connectivity index (χ0n) is 26.5. The van der Waals surface area contributed by atoms with Crippen molar-refractivity contribution in [3.8, 4) is 0 Å². The molecule has 236 valence electrons. The Balaban J connectivity index is 0.989. The van der Waals surface area contributed by atoms with E-state index in [1.54, 1.807) is 0 Å². The molecule has 4 heterocycles. The molecule has 2 aromatic rings. The van der Waals surface area contributed by atoms with Gasteiger partial charge in [-0.1, -0.05) is 54.6 Å². The minimum atomic E-state index is -0.667. The molecule has 0 unspecified atom stereocenters. The fraction of sp³-hybridized carbons (Fsp3) is 0.657. The van der Waals surface area contributed by atoms with E-state index in [1.807, 2.05) is 59.7 Å². The highest BCUT2D eigenvalue weighted by Gasteiger charge is 2.55. The third-order valence-electron chi connectivity index (χ3n) is 8.69. The first kappa shape index (κ1) is 31.1. The first-order valence-electron chi connectivity index (χ1n) is 15.9. The van der Waals surface area contributed by atoms with E-state index in [0.29, 0.717) is 13.2 Å². The van der Waals surface area contributed by atoms with Crippen LogP contribution in [0.5, 0.6) is 0 Å². The summed E-state index contributed by atoms with van der Waals surface area (Å²) in [7, 11) is 0. The van der Waals surface area contributed by atoms with Crippen LogP contribution in [-0.4, -0.2) is 66.9 Å². The Hall–Kier alpha value is -1.88. The van der Waals surface area contributed by atoms with Crippen LogP contribution in [0.1, 0.15) is 77.5 Å². The van der Waals surface area contributed by atoms with Gasteiger partial charge in [0.05, 0.1) is 25.4 Å². The van der Waals surface area contributed by atoms with E-state index < -0.39 is 23.7 Å². The summed E-state index contributed by atoms with van der Waals surface area (Å²) >= 11 is 0. The lowest BCUT2D eigenvalue weighted by Gasteiger charge is -2.26. The molecule has 43 heavy (non-hydrogen) atoms. The van der Waals surface area contributed by atoms with Crippen molar-refractivity contribution >= 4 is 0 Å². The Bertz CT molecular complexity index is 1200. The van der Waals surface area contributed by atoms with Gasteiger partial charge in [-0.25, -0.2) is 0 Å². The lowest BCUT2D eigenvalue weighted by atomic mass is 9.98. The summed E-state index contributed by atoms with van der Waals surface area (Å²) in [5.74, 6) is -1.88. The molecule has 0 N–H and O–H groups in total. The summed E-state index contributed by atoms with van der Waals surface area (Å²) in [6.45, 7) is 12.7. The molecule has 2 aromatic carbocycles. The van der Waals surface area contributed by atoms with Crippen LogP contribution in [0.25, 0.3) is 0 Å². The second kappa shape index (κ2) is 12.5. The highest BCUT2D eigenvalue weighted by molar-refractivity contribution is 5.23. The number of fused-ring (bicyclic) bond motifs is 1. The maximum atomic E-state index is 6.40. The van der Waals surface area contributed by atoms with Gasteiger partial charge in [0.25, 0.3) is 0 Å². The molecule has 0 bridgehead atoms. The lowest BCUT2D eigenvalue weighted by molar-refractivity contribution is -0.219. The van der Waals surface area contributed by atoms with Crippen LogP contribution in [-0.2, 0) is 57.3 Å². The molecule has 0 saturated carbocycles. The van der Waals surface area contributed by atoms with Crippen LogP contribution >= 0.6 is 0 Å². The molecule has 4 aliphatic rings. The number of hydrogen-bond acceptors (Lipinski definition) is 8. The van der Waals surface area contributed by atoms with Gasteiger partial charge in [-0.15, -0.1) is 0 Å². The Kier molecular flexibility index (Phi) is 9.04. The Morgan fingerprint density at radius 3 is 2.02 bits per heavy atom. The molecule has 7 atom stereocenters. The Morgan fingerprint density at radius 1 is 0.651 bits per heavy atom. The molecule has 4 saturated heterocycles. The largest absolute Gasteiger partial charge is 0.368 e. The highest BCUT2D eigenvalue weighted by Crippen LogP contribution is 2.41. The van der Waals surface area contributed by atoms with Gasteiger partial charge in [0.15, 0.2) is 23.7 Å². The number of rotatable bonds is 11. The van der Waals surface area contributed by atoms with E-state index in [9.17, 15) is 0 Å². The molecular weight excluding hydrogens is 548 g/mol. The molecule has 6 rings (SSSR count).